The van der Waals surface area contributed by atoms with Crippen molar-refractivity contribution in [3.63, 3.8) is 0 Å². The van der Waals surface area contributed by atoms with E-state index in [-0.39, 0.29) is 5.91 Å². The number of aliphatic hydroxyl groups is 1. The first-order valence-corrected chi connectivity index (χ1v) is 13.7. The Morgan fingerprint density at radius 2 is 2.08 bits per heavy atom. The zero-order valence-electron chi connectivity index (χ0n) is 20.0. The SMILES string of the molecule is COc1ccc2ncc(Cl)c(C(O)CN3C4CC(NCc5ccc6c(c5)NC(=O)CS6)CC3C4)c2c1. The number of benzene rings is 2. The largest absolute Gasteiger partial charge is 0.497 e. The molecule has 2 saturated heterocycles. The molecule has 9 heteroatoms. The number of piperidine rings is 1. The van der Waals surface area contributed by atoms with Crippen molar-refractivity contribution in [1.82, 2.24) is 15.2 Å². The molecule has 7 nitrogen and oxygen atoms in total. The minimum absolute atomic E-state index is 0.0624. The number of anilines is 1. The molecule has 2 bridgehead atoms. The van der Waals surface area contributed by atoms with Gasteiger partial charge in [-0.1, -0.05) is 17.7 Å². The zero-order chi connectivity index (χ0) is 24.8. The van der Waals surface area contributed by atoms with Crippen molar-refractivity contribution < 1.29 is 14.6 Å². The Balaban J connectivity index is 1.08. The van der Waals surface area contributed by atoms with E-state index in [9.17, 15) is 9.90 Å². The number of carbonyl (C=O) groups excluding carboxylic acids is 1. The second kappa shape index (κ2) is 9.84. The first-order chi connectivity index (χ1) is 17.5. The van der Waals surface area contributed by atoms with Crippen molar-refractivity contribution >= 4 is 45.9 Å². The van der Waals surface area contributed by atoms with Crippen LogP contribution >= 0.6 is 23.4 Å². The van der Waals surface area contributed by atoms with Crippen LogP contribution in [0.4, 0.5) is 5.69 Å². The van der Waals surface area contributed by atoms with Crippen molar-refractivity contribution in [2.75, 3.05) is 24.7 Å². The van der Waals surface area contributed by atoms with Crippen molar-refractivity contribution in [2.24, 2.45) is 0 Å². The number of hydrogen-bond acceptors (Lipinski definition) is 7. The maximum absolute atomic E-state index is 11.7. The zero-order valence-corrected chi connectivity index (χ0v) is 21.6. The molecule has 7 rings (SSSR count). The van der Waals surface area contributed by atoms with Crippen molar-refractivity contribution in [3.8, 4) is 5.75 Å². The van der Waals surface area contributed by atoms with Gasteiger partial charge < -0.3 is 20.5 Å². The number of rotatable bonds is 7. The number of thioether (sulfide) groups is 1. The highest BCUT2D eigenvalue weighted by Crippen LogP contribution is 2.41. The van der Waals surface area contributed by atoms with Gasteiger partial charge in [0.15, 0.2) is 0 Å². The number of ether oxygens (including phenoxy) is 1. The fourth-order valence-corrected chi connectivity index (χ4v) is 6.92. The van der Waals surface area contributed by atoms with Gasteiger partial charge in [-0.05, 0) is 55.2 Å². The number of fused-ring (bicyclic) bond motifs is 4. The Morgan fingerprint density at radius 1 is 1.25 bits per heavy atom. The van der Waals surface area contributed by atoms with E-state index in [0.717, 1.165) is 52.2 Å². The summed E-state index contributed by atoms with van der Waals surface area (Å²) in [4.78, 5) is 19.7. The number of nitrogens with zero attached hydrogens (tertiary/aromatic N) is 2. The minimum atomic E-state index is -0.700. The highest BCUT2D eigenvalue weighted by molar-refractivity contribution is 8.00. The second-order valence-corrected chi connectivity index (χ2v) is 11.3. The van der Waals surface area contributed by atoms with Crippen LogP contribution in [0.15, 0.2) is 47.5 Å². The predicted molar refractivity (Wildman–Crippen MR) is 143 cm³/mol. The number of methoxy groups -OCH3 is 1. The Labute approximate surface area is 219 Å². The predicted octanol–water partition coefficient (Wildman–Crippen LogP) is 4.37. The number of amides is 1. The molecule has 4 heterocycles. The van der Waals surface area contributed by atoms with E-state index in [0.29, 0.717) is 35.4 Å². The lowest BCUT2D eigenvalue weighted by molar-refractivity contribution is -0.113. The van der Waals surface area contributed by atoms with Gasteiger partial charge in [-0.15, -0.1) is 11.8 Å². The third-order valence-electron chi connectivity index (χ3n) is 7.65. The summed E-state index contributed by atoms with van der Waals surface area (Å²) < 4.78 is 5.38. The van der Waals surface area contributed by atoms with E-state index >= 15 is 0 Å². The highest BCUT2D eigenvalue weighted by atomic mass is 35.5. The van der Waals surface area contributed by atoms with Crippen LogP contribution in [-0.2, 0) is 11.3 Å². The number of aliphatic hydroxyl groups excluding tert-OH is 1. The first kappa shape index (κ1) is 24.0. The van der Waals surface area contributed by atoms with Gasteiger partial charge in [0.25, 0.3) is 0 Å². The molecule has 2 aromatic carbocycles. The van der Waals surface area contributed by atoms with E-state index in [1.807, 2.05) is 18.2 Å². The average molecular weight is 525 g/mol. The Kier molecular flexibility index (Phi) is 6.56. The van der Waals surface area contributed by atoms with Crippen LogP contribution in [0.1, 0.15) is 36.5 Å². The fourth-order valence-electron chi connectivity index (χ4n) is 5.85. The smallest absolute Gasteiger partial charge is 0.234 e. The van der Waals surface area contributed by atoms with Gasteiger partial charge in [0.2, 0.25) is 5.91 Å². The summed E-state index contributed by atoms with van der Waals surface area (Å²) in [5, 5.41) is 19.2. The molecule has 1 amide bonds. The van der Waals surface area contributed by atoms with Crippen molar-refractivity contribution in [1.29, 1.82) is 0 Å². The topological polar surface area (TPSA) is 86.7 Å². The fraction of sp³-hybridized carbons (Fsp3) is 0.407. The monoisotopic (exact) mass is 524 g/mol. The van der Waals surface area contributed by atoms with Crippen LogP contribution in [0.5, 0.6) is 5.75 Å². The summed E-state index contributed by atoms with van der Waals surface area (Å²) in [6.45, 7) is 1.33. The number of pyridine rings is 1. The van der Waals surface area contributed by atoms with E-state index in [4.69, 9.17) is 16.3 Å². The molecule has 1 aliphatic carbocycles. The van der Waals surface area contributed by atoms with Gasteiger partial charge in [0, 0.05) is 53.3 Å². The minimum Gasteiger partial charge on any atom is -0.497 e. The molecule has 1 aromatic heterocycles. The number of aromatic nitrogens is 1. The number of hydrogen-bond donors (Lipinski definition) is 3. The molecular formula is C27H29ClN4O3S. The summed E-state index contributed by atoms with van der Waals surface area (Å²) >= 11 is 8.11. The van der Waals surface area contributed by atoms with Gasteiger partial charge in [0.05, 0.1) is 35.2 Å². The molecule has 3 unspecified atom stereocenters. The average Bonchev–Trinajstić information content (AvgIpc) is 2.89. The summed E-state index contributed by atoms with van der Waals surface area (Å²) in [5.41, 5.74) is 3.61. The third-order valence-corrected chi connectivity index (χ3v) is 9.03. The van der Waals surface area contributed by atoms with Crippen LogP contribution in [0.2, 0.25) is 5.02 Å². The normalized spacial score (nSPS) is 24.1. The van der Waals surface area contributed by atoms with Crippen molar-refractivity contribution in [3.05, 3.63) is 58.7 Å². The van der Waals surface area contributed by atoms with E-state index in [1.54, 1.807) is 25.1 Å². The summed E-state index contributed by atoms with van der Waals surface area (Å²) in [5.74, 6) is 1.26. The molecule has 3 fully saturated rings. The number of halogens is 1. The lowest BCUT2D eigenvalue weighted by Crippen LogP contribution is -2.64. The van der Waals surface area contributed by atoms with Gasteiger partial charge in [0.1, 0.15) is 5.75 Å². The molecule has 1 saturated carbocycles. The number of nitrogens with one attached hydrogen (secondary N) is 2. The summed E-state index contributed by atoms with van der Waals surface area (Å²) in [6.07, 6.45) is 4.20. The third kappa shape index (κ3) is 4.57. The Hall–Kier alpha value is -2.36. The van der Waals surface area contributed by atoms with Gasteiger partial charge >= 0.3 is 0 Å². The molecular weight excluding hydrogens is 496 g/mol. The maximum Gasteiger partial charge on any atom is 0.234 e. The highest BCUT2D eigenvalue weighted by Gasteiger charge is 2.45. The van der Waals surface area contributed by atoms with E-state index in [1.165, 1.54) is 12.0 Å². The lowest BCUT2D eigenvalue weighted by Gasteiger charge is -2.56. The maximum atomic E-state index is 11.7. The molecule has 3 aromatic rings. The molecule has 4 aliphatic rings. The molecule has 3 aliphatic heterocycles. The van der Waals surface area contributed by atoms with Crippen LogP contribution in [0, 0.1) is 0 Å². The van der Waals surface area contributed by atoms with Gasteiger partial charge in [-0.2, -0.15) is 0 Å². The van der Waals surface area contributed by atoms with Gasteiger partial charge in [-0.3, -0.25) is 14.7 Å². The van der Waals surface area contributed by atoms with Crippen LogP contribution in [-0.4, -0.2) is 58.4 Å². The van der Waals surface area contributed by atoms with Gasteiger partial charge in [-0.25, -0.2) is 0 Å². The quantitative estimate of drug-likeness (QED) is 0.423. The van der Waals surface area contributed by atoms with Crippen LogP contribution in [0.25, 0.3) is 10.9 Å². The Morgan fingerprint density at radius 3 is 2.89 bits per heavy atom. The Bertz CT molecular complexity index is 1310. The molecule has 3 atom stereocenters. The lowest BCUT2D eigenvalue weighted by atomic mass is 9.76. The second-order valence-electron chi connectivity index (χ2n) is 9.88. The van der Waals surface area contributed by atoms with Crippen LogP contribution < -0.4 is 15.4 Å². The van der Waals surface area contributed by atoms with E-state index in [2.05, 4.69) is 38.7 Å². The molecule has 36 heavy (non-hydrogen) atoms. The van der Waals surface area contributed by atoms with E-state index < -0.39 is 6.10 Å². The van der Waals surface area contributed by atoms with Crippen LogP contribution in [0.3, 0.4) is 0 Å². The summed E-state index contributed by atoms with van der Waals surface area (Å²) in [6, 6.07) is 13.3. The number of carbonyl (C=O) groups is 1. The first-order valence-electron chi connectivity index (χ1n) is 12.3. The van der Waals surface area contributed by atoms with Crippen molar-refractivity contribution in [2.45, 2.75) is 54.9 Å². The molecule has 3 N–H and O–H groups in total. The summed E-state index contributed by atoms with van der Waals surface area (Å²) in [7, 11) is 1.63. The molecule has 188 valence electrons. The molecule has 0 radical (unpaired) electrons. The standard InChI is InChI=1S/C27H29ClN4O3S/c1-35-19-3-4-22-20(10-19)27(21(28)12-30-22)24(33)13-32-17-7-16(8-18(32)9-17)29-11-15-2-5-25-23(6-15)31-26(34)14-36-25/h2-6,10,12,16-18,24,29,33H,7-9,11,13-14H2,1H3,(H,31,34). The molecule has 0 spiro atoms.